The molecule has 0 fully saturated rings. The van der Waals surface area contributed by atoms with Gasteiger partial charge >= 0.3 is 17.9 Å². The summed E-state index contributed by atoms with van der Waals surface area (Å²) in [4.78, 5) is 38.2. The summed E-state index contributed by atoms with van der Waals surface area (Å²) in [5.41, 5.74) is 0. The van der Waals surface area contributed by atoms with Gasteiger partial charge in [-0.1, -0.05) is 280 Å². The molecule has 0 aromatic heterocycles. The van der Waals surface area contributed by atoms with Crippen LogP contribution in [0.25, 0.3) is 0 Å². The molecule has 0 aliphatic carbocycles. The maximum absolute atomic E-state index is 12.9. The largest absolute Gasteiger partial charge is 0.462 e. The molecule has 0 saturated carbocycles. The van der Waals surface area contributed by atoms with Gasteiger partial charge in [0.1, 0.15) is 13.2 Å². The number of hydrogen-bond donors (Lipinski definition) is 0. The fourth-order valence-electron chi connectivity index (χ4n) is 9.00. The Labute approximate surface area is 453 Å². The molecule has 0 aliphatic rings. The molecule has 6 heteroatoms. The van der Waals surface area contributed by atoms with Gasteiger partial charge in [0, 0.05) is 19.3 Å². The van der Waals surface area contributed by atoms with Crippen LogP contribution < -0.4 is 0 Å². The Morgan fingerprint density at radius 1 is 0.288 bits per heavy atom. The Morgan fingerprint density at radius 3 is 0.849 bits per heavy atom. The SMILES string of the molecule is CC/C=C\C/C=C\C/C=C\C/C=C\C/C=C\CCCCCCCCCCCC(=O)OCC(COC(=O)CCCCCCCCCCCCCC)OC(=O)CCCCCCCCC/C=C\CCCCCCCCC. The number of ether oxygens (including phenoxy) is 3. The van der Waals surface area contributed by atoms with E-state index in [1.807, 2.05) is 0 Å². The van der Waals surface area contributed by atoms with Crippen LogP contribution in [0.4, 0.5) is 0 Å². The number of unbranched alkanes of at least 4 members (excludes halogenated alkanes) is 34. The van der Waals surface area contributed by atoms with Crippen LogP contribution in [0.1, 0.15) is 316 Å². The van der Waals surface area contributed by atoms with Crippen LogP contribution >= 0.6 is 0 Å². The Bertz CT molecular complexity index is 1360. The highest BCUT2D eigenvalue weighted by Gasteiger charge is 2.19. The molecule has 0 radical (unpaired) electrons. The first-order valence-corrected chi connectivity index (χ1v) is 31.4. The van der Waals surface area contributed by atoms with Gasteiger partial charge in [-0.2, -0.15) is 0 Å². The van der Waals surface area contributed by atoms with E-state index < -0.39 is 6.10 Å². The van der Waals surface area contributed by atoms with E-state index in [0.29, 0.717) is 19.3 Å². The lowest BCUT2D eigenvalue weighted by Crippen LogP contribution is -2.30. The summed E-state index contributed by atoms with van der Waals surface area (Å²) in [6.07, 6.45) is 79.0. The van der Waals surface area contributed by atoms with Gasteiger partial charge < -0.3 is 14.2 Å². The zero-order chi connectivity index (χ0) is 52.9. The minimum Gasteiger partial charge on any atom is -0.462 e. The molecule has 0 saturated heterocycles. The Morgan fingerprint density at radius 2 is 0.534 bits per heavy atom. The second kappa shape index (κ2) is 61.4. The number of allylic oxidation sites excluding steroid dienone is 12. The lowest BCUT2D eigenvalue weighted by atomic mass is 10.0. The molecule has 0 heterocycles. The van der Waals surface area contributed by atoms with E-state index in [1.54, 1.807) is 0 Å². The average Bonchev–Trinajstić information content (AvgIpc) is 3.39. The zero-order valence-corrected chi connectivity index (χ0v) is 48.4. The first-order chi connectivity index (χ1) is 36.0. The topological polar surface area (TPSA) is 78.9 Å². The maximum atomic E-state index is 12.9. The van der Waals surface area contributed by atoms with Gasteiger partial charge in [0.05, 0.1) is 0 Å². The zero-order valence-electron chi connectivity index (χ0n) is 48.4. The van der Waals surface area contributed by atoms with E-state index in [4.69, 9.17) is 14.2 Å². The van der Waals surface area contributed by atoms with E-state index in [9.17, 15) is 14.4 Å². The molecule has 0 spiro atoms. The summed E-state index contributed by atoms with van der Waals surface area (Å²) in [5, 5.41) is 0. The first kappa shape index (κ1) is 69.8. The summed E-state index contributed by atoms with van der Waals surface area (Å²) < 4.78 is 16.9. The average molecular weight is 1020 g/mol. The molecular weight excluding hydrogens is 901 g/mol. The Hall–Kier alpha value is -3.15. The summed E-state index contributed by atoms with van der Waals surface area (Å²) in [6.45, 7) is 6.55. The number of rotatable bonds is 57. The van der Waals surface area contributed by atoms with Crippen molar-refractivity contribution >= 4 is 17.9 Å². The monoisotopic (exact) mass is 1020 g/mol. The highest BCUT2D eigenvalue weighted by molar-refractivity contribution is 5.71. The van der Waals surface area contributed by atoms with Crippen LogP contribution in [0.5, 0.6) is 0 Å². The van der Waals surface area contributed by atoms with Gasteiger partial charge in [0.2, 0.25) is 0 Å². The molecule has 0 rings (SSSR count). The van der Waals surface area contributed by atoms with Crippen molar-refractivity contribution in [2.75, 3.05) is 13.2 Å². The predicted molar refractivity (Wildman–Crippen MR) is 316 cm³/mol. The van der Waals surface area contributed by atoms with Crippen LogP contribution in [0.15, 0.2) is 72.9 Å². The van der Waals surface area contributed by atoms with Crippen molar-refractivity contribution in [2.24, 2.45) is 0 Å². The number of hydrogen-bond acceptors (Lipinski definition) is 6. The van der Waals surface area contributed by atoms with Crippen molar-refractivity contribution < 1.29 is 28.6 Å². The minimum atomic E-state index is -0.779. The van der Waals surface area contributed by atoms with Crippen molar-refractivity contribution in [2.45, 2.75) is 322 Å². The van der Waals surface area contributed by atoms with Gasteiger partial charge in [0.15, 0.2) is 6.10 Å². The first-order valence-electron chi connectivity index (χ1n) is 31.4. The van der Waals surface area contributed by atoms with Gasteiger partial charge in [0.25, 0.3) is 0 Å². The number of carbonyl (C=O) groups is 3. The summed E-state index contributed by atoms with van der Waals surface area (Å²) in [7, 11) is 0. The van der Waals surface area contributed by atoms with Gasteiger partial charge in [-0.25, -0.2) is 0 Å². The van der Waals surface area contributed by atoms with Crippen molar-refractivity contribution in [1.29, 1.82) is 0 Å². The minimum absolute atomic E-state index is 0.0756. The molecule has 73 heavy (non-hydrogen) atoms. The Kier molecular flexibility index (Phi) is 58.7. The standard InChI is InChI=1S/C67H118O6/c1-4-7-10-13-16-19-22-25-27-29-31-32-33-34-35-36-37-39-40-42-45-48-51-54-57-60-66(69)72-63-64(62-71-65(68)59-56-53-50-47-44-24-21-18-15-12-9-6-3)73-67(70)61-58-55-52-49-46-43-41-38-30-28-26-23-20-17-14-11-8-5-2/h7,10,16,19,25,27-28,30-32,34-35,64H,4-6,8-9,11-15,17-18,20-24,26,29,33,36-63H2,1-3H3/b10-7-,19-16-,27-25-,30-28-,32-31-,35-34-. The molecule has 0 N–H and O–H groups in total. The van der Waals surface area contributed by atoms with Crippen molar-refractivity contribution in [3.63, 3.8) is 0 Å². The number of esters is 3. The van der Waals surface area contributed by atoms with Crippen LogP contribution in [0.3, 0.4) is 0 Å². The fraction of sp³-hybridized carbons (Fsp3) is 0.776. The smallest absolute Gasteiger partial charge is 0.306 e. The molecule has 0 amide bonds. The van der Waals surface area contributed by atoms with Crippen LogP contribution in [-0.4, -0.2) is 37.2 Å². The lowest BCUT2D eigenvalue weighted by molar-refractivity contribution is -0.167. The van der Waals surface area contributed by atoms with E-state index in [-0.39, 0.29) is 31.1 Å². The fourth-order valence-corrected chi connectivity index (χ4v) is 9.00. The molecule has 0 aromatic carbocycles. The van der Waals surface area contributed by atoms with E-state index in [0.717, 1.165) is 96.3 Å². The molecular formula is C67H118O6. The third-order valence-electron chi connectivity index (χ3n) is 13.7. The van der Waals surface area contributed by atoms with E-state index in [1.165, 1.54) is 180 Å². The molecule has 1 atom stereocenters. The molecule has 6 nitrogen and oxygen atoms in total. The van der Waals surface area contributed by atoms with Crippen LogP contribution in [0, 0.1) is 0 Å². The third-order valence-corrected chi connectivity index (χ3v) is 13.7. The molecule has 0 aromatic rings. The number of carbonyl (C=O) groups excluding carboxylic acids is 3. The maximum Gasteiger partial charge on any atom is 0.306 e. The van der Waals surface area contributed by atoms with Crippen LogP contribution in [0.2, 0.25) is 0 Å². The normalized spacial score (nSPS) is 12.5. The van der Waals surface area contributed by atoms with Crippen molar-refractivity contribution in [3.05, 3.63) is 72.9 Å². The molecule has 0 bridgehead atoms. The second-order valence-electron chi connectivity index (χ2n) is 20.9. The van der Waals surface area contributed by atoms with Gasteiger partial charge in [-0.15, -0.1) is 0 Å². The summed E-state index contributed by atoms with van der Waals surface area (Å²) >= 11 is 0. The van der Waals surface area contributed by atoms with E-state index >= 15 is 0 Å². The summed E-state index contributed by atoms with van der Waals surface area (Å²) in [6, 6.07) is 0. The predicted octanol–water partition coefficient (Wildman–Crippen LogP) is 21.3. The summed E-state index contributed by atoms with van der Waals surface area (Å²) in [5.74, 6) is -0.872. The molecule has 0 aliphatic heterocycles. The van der Waals surface area contributed by atoms with Crippen LogP contribution in [-0.2, 0) is 28.6 Å². The molecule has 1 unspecified atom stereocenters. The van der Waals surface area contributed by atoms with Gasteiger partial charge in [-0.05, 0) is 89.9 Å². The second-order valence-corrected chi connectivity index (χ2v) is 20.9. The van der Waals surface area contributed by atoms with E-state index in [2.05, 4.69) is 93.7 Å². The highest BCUT2D eigenvalue weighted by atomic mass is 16.6. The van der Waals surface area contributed by atoms with Crippen molar-refractivity contribution in [3.8, 4) is 0 Å². The Balaban J connectivity index is 4.30. The highest BCUT2D eigenvalue weighted by Crippen LogP contribution is 2.16. The lowest BCUT2D eigenvalue weighted by Gasteiger charge is -2.18. The molecule has 422 valence electrons. The third kappa shape index (κ3) is 59.6. The van der Waals surface area contributed by atoms with Gasteiger partial charge in [-0.3, -0.25) is 14.4 Å². The quantitative estimate of drug-likeness (QED) is 0.0261. The van der Waals surface area contributed by atoms with Crippen molar-refractivity contribution in [1.82, 2.24) is 0 Å².